The van der Waals surface area contributed by atoms with Crippen LogP contribution >= 0.6 is 0 Å². The molecule has 1 atom stereocenters. The van der Waals surface area contributed by atoms with Crippen molar-refractivity contribution in [3.8, 4) is 5.75 Å². The van der Waals surface area contributed by atoms with Crippen molar-refractivity contribution in [1.82, 2.24) is 0 Å². The van der Waals surface area contributed by atoms with Crippen LogP contribution in [-0.4, -0.2) is 18.3 Å². The van der Waals surface area contributed by atoms with Crippen molar-refractivity contribution in [1.29, 1.82) is 0 Å². The summed E-state index contributed by atoms with van der Waals surface area (Å²) in [5.74, 6) is 0.907. The molecule has 0 saturated carbocycles. The summed E-state index contributed by atoms with van der Waals surface area (Å²) >= 11 is 0. The van der Waals surface area contributed by atoms with E-state index in [9.17, 15) is 5.11 Å². The largest absolute Gasteiger partial charge is 0.496 e. The molecule has 20 heavy (non-hydrogen) atoms. The Morgan fingerprint density at radius 2 is 1.80 bits per heavy atom. The van der Waals surface area contributed by atoms with Crippen molar-refractivity contribution in [2.45, 2.75) is 39.7 Å². The maximum Gasteiger partial charge on any atom is 0.122 e. The molecule has 2 rings (SSSR count). The summed E-state index contributed by atoms with van der Waals surface area (Å²) in [7, 11) is 1.70. The number of rotatable bonds is 4. The number of aliphatic hydroxyl groups is 1. The fourth-order valence-electron chi connectivity index (χ4n) is 2.48. The molecule has 0 aromatic heterocycles. The van der Waals surface area contributed by atoms with E-state index < -0.39 is 0 Å². The second-order valence-corrected chi connectivity index (χ2v) is 6.39. The van der Waals surface area contributed by atoms with Gasteiger partial charge in [-0.05, 0) is 35.1 Å². The number of aryl methyl sites for hydroxylation is 1. The molecule has 0 bridgehead atoms. The quantitative estimate of drug-likeness (QED) is 0.904. The molecule has 2 nitrogen and oxygen atoms in total. The zero-order chi connectivity index (χ0) is 14.8. The minimum atomic E-state index is -0.314. The fraction of sp³-hybridized carbons (Fsp3) is 0.444. The highest BCUT2D eigenvalue weighted by atomic mass is 16.5. The Hall–Kier alpha value is -1.54. The first-order valence-electron chi connectivity index (χ1n) is 7.16. The van der Waals surface area contributed by atoms with E-state index in [0.717, 1.165) is 18.6 Å². The minimum absolute atomic E-state index is 0.0855. The van der Waals surface area contributed by atoms with Crippen LogP contribution in [0.3, 0.4) is 0 Å². The molecule has 1 unspecified atom stereocenters. The van der Waals surface area contributed by atoms with Gasteiger partial charge in [-0.25, -0.2) is 0 Å². The molecule has 0 radical (unpaired) electrons. The maximum atomic E-state index is 10.2. The van der Waals surface area contributed by atoms with Crippen molar-refractivity contribution in [3.05, 3.63) is 42.0 Å². The van der Waals surface area contributed by atoms with Crippen molar-refractivity contribution < 1.29 is 9.84 Å². The molecule has 0 spiro atoms. The summed E-state index contributed by atoms with van der Waals surface area (Å²) < 4.78 is 5.49. The third-order valence-electron chi connectivity index (χ3n) is 3.88. The first-order valence-corrected chi connectivity index (χ1v) is 7.16. The maximum absolute atomic E-state index is 10.2. The second kappa shape index (κ2) is 5.84. The topological polar surface area (TPSA) is 29.5 Å². The number of ether oxygens (including phenoxy) is 1. The molecule has 2 aromatic carbocycles. The number of methoxy groups -OCH3 is 1. The Morgan fingerprint density at radius 3 is 2.45 bits per heavy atom. The molecular formula is C18H24O2. The van der Waals surface area contributed by atoms with Gasteiger partial charge in [0.25, 0.3) is 0 Å². The van der Waals surface area contributed by atoms with Gasteiger partial charge in [0, 0.05) is 5.56 Å². The van der Waals surface area contributed by atoms with Crippen LogP contribution in [-0.2, 0) is 6.42 Å². The van der Waals surface area contributed by atoms with E-state index in [2.05, 4.69) is 39.0 Å². The van der Waals surface area contributed by atoms with Gasteiger partial charge in [-0.15, -0.1) is 0 Å². The predicted octanol–water partition coefficient (Wildman–Crippen LogP) is 4.19. The normalized spacial score (nSPS) is 13.4. The average Bonchev–Trinajstić information content (AvgIpc) is 2.43. The van der Waals surface area contributed by atoms with E-state index in [4.69, 9.17) is 4.74 Å². The van der Waals surface area contributed by atoms with E-state index in [-0.39, 0.29) is 11.5 Å². The smallest absolute Gasteiger partial charge is 0.122 e. The van der Waals surface area contributed by atoms with Gasteiger partial charge >= 0.3 is 0 Å². The Kier molecular flexibility index (Phi) is 4.34. The second-order valence-electron chi connectivity index (χ2n) is 6.39. The van der Waals surface area contributed by atoms with Crippen molar-refractivity contribution in [2.24, 2.45) is 5.41 Å². The van der Waals surface area contributed by atoms with E-state index in [1.165, 1.54) is 16.3 Å². The predicted molar refractivity (Wildman–Crippen MR) is 84.3 cm³/mol. The number of hydrogen-bond acceptors (Lipinski definition) is 2. The zero-order valence-corrected chi connectivity index (χ0v) is 12.8. The lowest BCUT2D eigenvalue weighted by Crippen LogP contribution is -2.26. The third kappa shape index (κ3) is 3.13. The SMILES string of the molecule is COc1ccc2ccccc2c1CCC(O)C(C)(C)C. The molecule has 0 aliphatic heterocycles. The lowest BCUT2D eigenvalue weighted by Gasteiger charge is -2.26. The minimum Gasteiger partial charge on any atom is -0.496 e. The van der Waals surface area contributed by atoms with Gasteiger partial charge in [-0.2, -0.15) is 0 Å². The molecule has 0 saturated heterocycles. The van der Waals surface area contributed by atoms with Gasteiger partial charge < -0.3 is 9.84 Å². The summed E-state index contributed by atoms with van der Waals surface area (Å²) in [6, 6.07) is 12.4. The molecule has 2 aromatic rings. The van der Waals surface area contributed by atoms with Crippen molar-refractivity contribution >= 4 is 10.8 Å². The molecular weight excluding hydrogens is 248 g/mol. The molecule has 2 heteroatoms. The number of aliphatic hydroxyl groups excluding tert-OH is 1. The highest BCUT2D eigenvalue weighted by molar-refractivity contribution is 5.87. The van der Waals surface area contributed by atoms with E-state index in [1.807, 2.05) is 18.2 Å². The van der Waals surface area contributed by atoms with Gasteiger partial charge in [-0.3, -0.25) is 0 Å². The van der Waals surface area contributed by atoms with Crippen molar-refractivity contribution in [3.63, 3.8) is 0 Å². The summed E-state index contributed by atoms with van der Waals surface area (Å²) in [5.41, 5.74) is 1.10. The van der Waals surface area contributed by atoms with Crippen LogP contribution in [0.15, 0.2) is 36.4 Å². The Bertz CT molecular complexity index is 581. The summed E-state index contributed by atoms with van der Waals surface area (Å²) in [5, 5.41) is 12.7. The number of hydrogen-bond donors (Lipinski definition) is 1. The first kappa shape index (κ1) is 14.9. The highest BCUT2D eigenvalue weighted by Gasteiger charge is 2.22. The van der Waals surface area contributed by atoms with Crippen LogP contribution in [0.1, 0.15) is 32.8 Å². The van der Waals surface area contributed by atoms with Crippen LogP contribution in [0.4, 0.5) is 0 Å². The molecule has 0 fully saturated rings. The highest BCUT2D eigenvalue weighted by Crippen LogP contribution is 2.31. The third-order valence-corrected chi connectivity index (χ3v) is 3.88. The summed E-state index contributed by atoms with van der Waals surface area (Å²) in [4.78, 5) is 0. The van der Waals surface area contributed by atoms with E-state index in [1.54, 1.807) is 7.11 Å². The average molecular weight is 272 g/mol. The fourth-order valence-corrected chi connectivity index (χ4v) is 2.48. The van der Waals surface area contributed by atoms with Crippen LogP contribution in [0.5, 0.6) is 5.75 Å². The standard InChI is InChI=1S/C18H24O2/c1-18(2,3)17(19)12-10-15-14-8-6-5-7-13(14)9-11-16(15)20-4/h5-9,11,17,19H,10,12H2,1-4H3. The molecule has 0 heterocycles. The molecule has 0 aliphatic carbocycles. The van der Waals surface area contributed by atoms with Gasteiger partial charge in [0.1, 0.15) is 5.75 Å². The molecule has 108 valence electrons. The van der Waals surface area contributed by atoms with Crippen LogP contribution in [0.25, 0.3) is 10.8 Å². The van der Waals surface area contributed by atoms with Gasteiger partial charge in [-0.1, -0.05) is 51.1 Å². The zero-order valence-electron chi connectivity index (χ0n) is 12.8. The molecule has 1 N–H and O–H groups in total. The summed E-state index contributed by atoms with van der Waals surface area (Å²) in [6.07, 6.45) is 1.25. The first-order chi connectivity index (χ1) is 9.43. The lowest BCUT2D eigenvalue weighted by atomic mass is 9.85. The van der Waals surface area contributed by atoms with E-state index in [0.29, 0.717) is 0 Å². The Morgan fingerprint density at radius 1 is 1.10 bits per heavy atom. The van der Waals surface area contributed by atoms with Crippen molar-refractivity contribution in [2.75, 3.05) is 7.11 Å². The van der Waals surface area contributed by atoms with Gasteiger partial charge in [0.05, 0.1) is 13.2 Å². The van der Waals surface area contributed by atoms with Crippen LogP contribution in [0, 0.1) is 5.41 Å². The number of benzene rings is 2. The lowest BCUT2D eigenvalue weighted by molar-refractivity contribution is 0.0559. The van der Waals surface area contributed by atoms with Crippen LogP contribution < -0.4 is 4.74 Å². The van der Waals surface area contributed by atoms with E-state index >= 15 is 0 Å². The Labute approximate surface area is 121 Å². The summed E-state index contributed by atoms with van der Waals surface area (Å²) in [6.45, 7) is 6.20. The van der Waals surface area contributed by atoms with Gasteiger partial charge in [0.2, 0.25) is 0 Å². The molecule has 0 aliphatic rings. The monoisotopic (exact) mass is 272 g/mol. The number of fused-ring (bicyclic) bond motifs is 1. The molecule has 0 amide bonds. The van der Waals surface area contributed by atoms with Crippen LogP contribution in [0.2, 0.25) is 0 Å². The van der Waals surface area contributed by atoms with Gasteiger partial charge in [0.15, 0.2) is 0 Å². The Balaban J connectivity index is 2.32.